The van der Waals surface area contributed by atoms with Crippen molar-refractivity contribution < 1.29 is 22.5 Å². The molecule has 0 aromatic heterocycles. The number of ether oxygens (including phenoxy) is 1. The first-order valence-electron chi connectivity index (χ1n) is 3.26. The second kappa shape index (κ2) is 4.64. The summed E-state index contributed by atoms with van der Waals surface area (Å²) in [5.41, 5.74) is -1.67. The third-order valence-corrected chi connectivity index (χ3v) is 2.65. The van der Waals surface area contributed by atoms with E-state index in [1.807, 2.05) is 0 Å². The lowest BCUT2D eigenvalue weighted by Crippen LogP contribution is -2.33. The normalized spacial score (nSPS) is 15.9. The summed E-state index contributed by atoms with van der Waals surface area (Å²) in [6, 6.07) is 0. The van der Waals surface area contributed by atoms with Crippen LogP contribution < -0.4 is 0 Å². The van der Waals surface area contributed by atoms with Crippen LogP contribution in [0.2, 0.25) is 0 Å². The molecule has 0 aliphatic carbocycles. The summed E-state index contributed by atoms with van der Waals surface area (Å²) in [5.74, 6) is -0.927. The molecule has 0 spiro atoms. The number of thiol groups is 1. The molecule has 7 heteroatoms. The van der Waals surface area contributed by atoms with Crippen molar-refractivity contribution in [2.75, 3.05) is 0 Å². The van der Waals surface area contributed by atoms with Crippen molar-refractivity contribution >= 4 is 28.7 Å². The van der Waals surface area contributed by atoms with Crippen molar-refractivity contribution in [3.63, 3.8) is 0 Å². The molecule has 13 heavy (non-hydrogen) atoms. The van der Waals surface area contributed by atoms with Gasteiger partial charge in [-0.2, -0.15) is 21.0 Å². The van der Waals surface area contributed by atoms with Crippen molar-refractivity contribution in [3.8, 4) is 0 Å². The molecule has 5 nitrogen and oxygen atoms in total. The molecule has 0 aromatic carbocycles. The highest BCUT2D eigenvalue weighted by atomic mass is 32.2. The lowest BCUT2D eigenvalue weighted by molar-refractivity contribution is -0.139. The van der Waals surface area contributed by atoms with E-state index < -0.39 is 26.8 Å². The van der Waals surface area contributed by atoms with E-state index in [1.165, 1.54) is 6.92 Å². The molecule has 1 N–H and O–H groups in total. The smallest absolute Gasteiger partial charge is 0.331 e. The standard InChI is InChI=1S/C6H10O5S2/c1-3-5(7)11-6(4(2)12)13(8,9)10/h3-4,6,12H,1H2,2H3,(H,8,9,10). The molecule has 0 aromatic rings. The highest BCUT2D eigenvalue weighted by molar-refractivity contribution is 7.88. The zero-order valence-corrected chi connectivity index (χ0v) is 8.59. The minimum atomic E-state index is -4.44. The Morgan fingerprint density at radius 3 is 2.38 bits per heavy atom. The Morgan fingerprint density at radius 1 is 1.69 bits per heavy atom. The number of rotatable bonds is 4. The Labute approximate surface area is 81.9 Å². The third kappa shape index (κ3) is 4.30. The largest absolute Gasteiger partial charge is 0.439 e. The van der Waals surface area contributed by atoms with E-state index in [0.717, 1.165) is 6.08 Å². The maximum absolute atomic E-state index is 10.6. The van der Waals surface area contributed by atoms with Gasteiger partial charge >= 0.3 is 16.1 Å². The summed E-state index contributed by atoms with van der Waals surface area (Å²) in [7, 11) is -4.44. The van der Waals surface area contributed by atoms with Gasteiger partial charge in [-0.25, -0.2) is 4.79 Å². The third-order valence-electron chi connectivity index (χ3n) is 1.09. The van der Waals surface area contributed by atoms with Gasteiger partial charge < -0.3 is 4.74 Å². The first kappa shape index (κ1) is 12.5. The van der Waals surface area contributed by atoms with Gasteiger partial charge in [-0.15, -0.1) is 0 Å². The molecule has 2 atom stereocenters. The van der Waals surface area contributed by atoms with Crippen molar-refractivity contribution in [1.82, 2.24) is 0 Å². The predicted octanol–water partition coefficient (Wildman–Crippen LogP) is 0.248. The molecule has 0 heterocycles. The number of esters is 1. The van der Waals surface area contributed by atoms with Crippen molar-refractivity contribution in [2.24, 2.45) is 0 Å². The maximum atomic E-state index is 10.6. The average molecular weight is 226 g/mol. The van der Waals surface area contributed by atoms with Crippen LogP contribution in [-0.2, 0) is 19.6 Å². The van der Waals surface area contributed by atoms with Gasteiger partial charge in [-0.05, 0) is 6.92 Å². The molecule has 0 bridgehead atoms. The lowest BCUT2D eigenvalue weighted by atomic mass is 10.5. The van der Waals surface area contributed by atoms with E-state index >= 15 is 0 Å². The van der Waals surface area contributed by atoms with Gasteiger partial charge in [0, 0.05) is 6.08 Å². The van der Waals surface area contributed by atoms with E-state index in [1.54, 1.807) is 0 Å². The van der Waals surface area contributed by atoms with Crippen LogP contribution in [0.3, 0.4) is 0 Å². The van der Waals surface area contributed by atoms with E-state index in [0.29, 0.717) is 0 Å². The van der Waals surface area contributed by atoms with Crippen LogP contribution in [0.25, 0.3) is 0 Å². The number of hydrogen-bond acceptors (Lipinski definition) is 5. The van der Waals surface area contributed by atoms with Crippen molar-refractivity contribution in [1.29, 1.82) is 0 Å². The van der Waals surface area contributed by atoms with Gasteiger partial charge in [0.1, 0.15) is 0 Å². The summed E-state index contributed by atoms with van der Waals surface area (Å²) in [5, 5.41) is -0.820. The van der Waals surface area contributed by atoms with Gasteiger partial charge in [0.05, 0.1) is 5.25 Å². The summed E-state index contributed by atoms with van der Waals surface area (Å²) >= 11 is 3.75. The van der Waals surface area contributed by atoms with Crippen LogP contribution in [0.15, 0.2) is 12.7 Å². The van der Waals surface area contributed by atoms with Crippen LogP contribution in [0.1, 0.15) is 6.92 Å². The Bertz CT molecular complexity index is 292. The first-order valence-corrected chi connectivity index (χ1v) is 5.28. The Hall–Kier alpha value is -0.530. The SMILES string of the molecule is C=CC(=O)OC(C(C)S)S(=O)(=O)O. The van der Waals surface area contributed by atoms with Gasteiger partial charge in [0.15, 0.2) is 0 Å². The summed E-state index contributed by atoms with van der Waals surface area (Å²) < 4.78 is 34.2. The molecule has 2 unspecified atom stereocenters. The van der Waals surface area contributed by atoms with E-state index in [9.17, 15) is 13.2 Å². The van der Waals surface area contributed by atoms with Crippen LogP contribution in [0, 0.1) is 0 Å². The zero-order chi connectivity index (χ0) is 10.6. The van der Waals surface area contributed by atoms with Crippen LogP contribution in [-0.4, -0.2) is 29.6 Å². The van der Waals surface area contributed by atoms with Crippen LogP contribution >= 0.6 is 12.6 Å². The molecule has 76 valence electrons. The second-order valence-electron chi connectivity index (χ2n) is 2.26. The minimum absolute atomic E-state index is 0.800. The van der Waals surface area contributed by atoms with Crippen LogP contribution in [0.4, 0.5) is 0 Å². The van der Waals surface area contributed by atoms with Crippen molar-refractivity contribution in [2.45, 2.75) is 17.6 Å². The first-order chi connectivity index (χ1) is 5.79. The summed E-state index contributed by atoms with van der Waals surface area (Å²) in [4.78, 5) is 10.6. The highest BCUT2D eigenvalue weighted by Gasteiger charge is 2.30. The number of carbonyl (C=O) groups is 1. The van der Waals surface area contributed by atoms with Crippen LogP contribution in [0.5, 0.6) is 0 Å². The fourth-order valence-corrected chi connectivity index (χ4v) is 1.81. The van der Waals surface area contributed by atoms with Crippen molar-refractivity contribution in [3.05, 3.63) is 12.7 Å². The molecular weight excluding hydrogens is 216 g/mol. The molecular formula is C6H10O5S2. The number of carbonyl (C=O) groups excluding carboxylic acids is 1. The molecule has 0 saturated carbocycles. The summed E-state index contributed by atoms with van der Waals surface area (Å²) in [6.45, 7) is 4.45. The predicted molar refractivity (Wildman–Crippen MR) is 50.1 cm³/mol. The highest BCUT2D eigenvalue weighted by Crippen LogP contribution is 2.12. The van der Waals surface area contributed by atoms with E-state index in [2.05, 4.69) is 23.9 Å². The molecule has 0 fully saturated rings. The molecule has 0 aliphatic rings. The van der Waals surface area contributed by atoms with Gasteiger partial charge in [-0.1, -0.05) is 6.58 Å². The monoisotopic (exact) mass is 226 g/mol. The quantitative estimate of drug-likeness (QED) is 0.311. The van der Waals surface area contributed by atoms with E-state index in [-0.39, 0.29) is 0 Å². The Balaban J connectivity index is 4.65. The topological polar surface area (TPSA) is 80.7 Å². The zero-order valence-electron chi connectivity index (χ0n) is 6.87. The minimum Gasteiger partial charge on any atom is -0.439 e. The van der Waals surface area contributed by atoms with Gasteiger partial charge in [0.25, 0.3) is 0 Å². The summed E-state index contributed by atoms with van der Waals surface area (Å²) in [6.07, 6.45) is 0.800. The Kier molecular flexibility index (Phi) is 4.45. The fourth-order valence-electron chi connectivity index (χ4n) is 0.571. The average Bonchev–Trinajstić information content (AvgIpc) is 1.96. The van der Waals surface area contributed by atoms with E-state index in [4.69, 9.17) is 4.55 Å². The molecule has 0 amide bonds. The number of hydrogen-bond donors (Lipinski definition) is 2. The molecule has 0 aliphatic heterocycles. The molecule has 0 radical (unpaired) electrons. The van der Waals surface area contributed by atoms with Gasteiger partial charge in [-0.3, -0.25) is 4.55 Å². The van der Waals surface area contributed by atoms with Gasteiger partial charge in [0.2, 0.25) is 5.44 Å². The fraction of sp³-hybridized carbons (Fsp3) is 0.500. The maximum Gasteiger partial charge on any atom is 0.331 e. The molecule has 0 rings (SSSR count). The molecule has 0 saturated heterocycles. The lowest BCUT2D eigenvalue weighted by Gasteiger charge is -2.16. The second-order valence-corrected chi connectivity index (χ2v) is 4.57. The Morgan fingerprint density at radius 2 is 2.15 bits per heavy atom.